The Bertz CT molecular complexity index is 627. The van der Waals surface area contributed by atoms with Crippen LogP contribution < -0.4 is 5.32 Å². The Morgan fingerprint density at radius 2 is 1.76 bits per heavy atom. The summed E-state index contributed by atoms with van der Waals surface area (Å²) in [6, 6.07) is 7.63. The fraction of sp³-hybridized carbons (Fsp3) is 0.533. The average Bonchev–Trinajstić information content (AvgIpc) is 3.22. The molecule has 114 valence electrons. The van der Waals surface area contributed by atoms with Crippen molar-refractivity contribution in [2.24, 2.45) is 5.92 Å². The SMILES string of the molecule is O=C(NC1CCS(=O)(=O)CC1)[C@@H]1C[C@H]1c1ccc(Cl)cc1. The van der Waals surface area contributed by atoms with E-state index in [1.54, 1.807) is 0 Å². The lowest BCUT2D eigenvalue weighted by Gasteiger charge is -2.23. The molecular weight excluding hydrogens is 310 g/mol. The van der Waals surface area contributed by atoms with Crippen LogP contribution in [-0.2, 0) is 14.6 Å². The van der Waals surface area contributed by atoms with E-state index in [2.05, 4.69) is 5.32 Å². The van der Waals surface area contributed by atoms with E-state index in [0.717, 1.165) is 12.0 Å². The van der Waals surface area contributed by atoms with Crippen molar-refractivity contribution < 1.29 is 13.2 Å². The van der Waals surface area contributed by atoms with Crippen LogP contribution in [-0.4, -0.2) is 31.9 Å². The smallest absolute Gasteiger partial charge is 0.223 e. The molecule has 1 aromatic rings. The predicted molar refractivity (Wildman–Crippen MR) is 82.1 cm³/mol. The summed E-state index contributed by atoms with van der Waals surface area (Å²) < 4.78 is 22.7. The minimum Gasteiger partial charge on any atom is -0.353 e. The normalized spacial score (nSPS) is 28.0. The minimum absolute atomic E-state index is 0.00694. The molecule has 4 nitrogen and oxygen atoms in total. The summed E-state index contributed by atoms with van der Waals surface area (Å²) >= 11 is 5.86. The largest absolute Gasteiger partial charge is 0.353 e. The lowest BCUT2D eigenvalue weighted by molar-refractivity contribution is -0.123. The molecule has 21 heavy (non-hydrogen) atoms. The first-order chi connectivity index (χ1) is 9.94. The Morgan fingerprint density at radius 1 is 1.14 bits per heavy atom. The third-order valence-electron chi connectivity index (χ3n) is 4.33. The number of hydrogen-bond acceptors (Lipinski definition) is 3. The Morgan fingerprint density at radius 3 is 2.38 bits per heavy atom. The number of benzene rings is 1. The first-order valence-electron chi connectivity index (χ1n) is 7.21. The number of sulfone groups is 1. The topological polar surface area (TPSA) is 63.2 Å². The van der Waals surface area contributed by atoms with Crippen molar-refractivity contribution in [1.82, 2.24) is 5.32 Å². The first-order valence-corrected chi connectivity index (χ1v) is 9.41. The lowest BCUT2D eigenvalue weighted by atomic mass is 10.1. The van der Waals surface area contributed by atoms with Crippen LogP contribution in [0.2, 0.25) is 5.02 Å². The molecule has 0 radical (unpaired) electrons. The summed E-state index contributed by atoms with van der Waals surface area (Å²) in [6.07, 6.45) is 1.93. The van der Waals surface area contributed by atoms with Crippen molar-refractivity contribution in [1.29, 1.82) is 0 Å². The molecule has 1 amide bonds. The van der Waals surface area contributed by atoms with Crippen LogP contribution in [0, 0.1) is 5.92 Å². The van der Waals surface area contributed by atoms with E-state index in [1.807, 2.05) is 24.3 Å². The van der Waals surface area contributed by atoms with E-state index < -0.39 is 9.84 Å². The summed E-state index contributed by atoms with van der Waals surface area (Å²) in [6.45, 7) is 0. The van der Waals surface area contributed by atoms with Crippen LogP contribution in [0.15, 0.2) is 24.3 Å². The minimum atomic E-state index is -2.88. The number of hydrogen-bond donors (Lipinski definition) is 1. The monoisotopic (exact) mass is 327 g/mol. The quantitative estimate of drug-likeness (QED) is 0.925. The van der Waals surface area contributed by atoms with Gasteiger partial charge >= 0.3 is 0 Å². The summed E-state index contributed by atoms with van der Waals surface area (Å²) in [4.78, 5) is 12.2. The Labute approximate surface area is 129 Å². The highest BCUT2D eigenvalue weighted by Crippen LogP contribution is 2.47. The molecule has 1 N–H and O–H groups in total. The van der Waals surface area contributed by atoms with Crippen LogP contribution >= 0.6 is 11.6 Å². The molecule has 1 aliphatic heterocycles. The molecule has 0 spiro atoms. The van der Waals surface area contributed by atoms with E-state index >= 15 is 0 Å². The number of amides is 1. The van der Waals surface area contributed by atoms with E-state index in [9.17, 15) is 13.2 Å². The summed E-state index contributed by atoms with van der Waals surface area (Å²) in [5.74, 6) is 0.713. The maximum Gasteiger partial charge on any atom is 0.223 e. The lowest BCUT2D eigenvalue weighted by Crippen LogP contribution is -2.41. The number of nitrogens with one attached hydrogen (secondary N) is 1. The van der Waals surface area contributed by atoms with Gasteiger partial charge in [-0.05, 0) is 42.9 Å². The predicted octanol–water partition coefficient (Wildman–Crippen LogP) is 2.14. The van der Waals surface area contributed by atoms with E-state index in [0.29, 0.717) is 17.9 Å². The van der Waals surface area contributed by atoms with Gasteiger partial charge in [0.2, 0.25) is 5.91 Å². The van der Waals surface area contributed by atoms with Crippen LogP contribution in [0.5, 0.6) is 0 Å². The molecular formula is C15H18ClNO3S. The highest BCUT2D eigenvalue weighted by Gasteiger charge is 2.44. The summed E-state index contributed by atoms with van der Waals surface area (Å²) in [5.41, 5.74) is 1.14. The number of halogens is 1. The van der Waals surface area contributed by atoms with Crippen molar-refractivity contribution in [2.75, 3.05) is 11.5 Å². The molecule has 2 fully saturated rings. The van der Waals surface area contributed by atoms with Gasteiger partial charge in [0, 0.05) is 17.0 Å². The second kappa shape index (κ2) is 5.61. The molecule has 1 saturated carbocycles. The van der Waals surface area contributed by atoms with Gasteiger partial charge in [-0.1, -0.05) is 23.7 Å². The Balaban J connectivity index is 1.53. The third-order valence-corrected chi connectivity index (χ3v) is 6.29. The molecule has 0 unspecified atom stereocenters. The van der Waals surface area contributed by atoms with Gasteiger partial charge < -0.3 is 5.32 Å². The zero-order chi connectivity index (χ0) is 15.0. The van der Waals surface area contributed by atoms with Crippen molar-refractivity contribution in [2.45, 2.75) is 31.2 Å². The second-order valence-electron chi connectivity index (χ2n) is 5.93. The van der Waals surface area contributed by atoms with Gasteiger partial charge in [-0.15, -0.1) is 0 Å². The highest BCUT2D eigenvalue weighted by molar-refractivity contribution is 7.91. The average molecular weight is 328 g/mol. The summed E-state index contributed by atoms with van der Waals surface area (Å²) in [7, 11) is -2.88. The van der Waals surface area contributed by atoms with Gasteiger partial charge in [0.25, 0.3) is 0 Å². The number of carbonyl (C=O) groups excluding carboxylic acids is 1. The van der Waals surface area contributed by atoms with Gasteiger partial charge in [-0.2, -0.15) is 0 Å². The second-order valence-corrected chi connectivity index (χ2v) is 8.67. The highest BCUT2D eigenvalue weighted by atomic mass is 35.5. The molecule has 2 atom stereocenters. The molecule has 1 aliphatic carbocycles. The standard InChI is InChI=1S/C15H18ClNO3S/c16-11-3-1-10(2-4-11)13-9-14(13)15(18)17-12-5-7-21(19,20)8-6-12/h1-4,12-14H,5-9H2,(H,17,18)/t13-,14+/m0/s1. The van der Waals surface area contributed by atoms with Crippen molar-refractivity contribution in [3.05, 3.63) is 34.9 Å². The van der Waals surface area contributed by atoms with Crippen molar-refractivity contribution in [3.8, 4) is 0 Å². The number of rotatable bonds is 3. The van der Waals surface area contributed by atoms with E-state index in [4.69, 9.17) is 11.6 Å². The van der Waals surface area contributed by atoms with Crippen molar-refractivity contribution in [3.63, 3.8) is 0 Å². The molecule has 1 heterocycles. The number of carbonyl (C=O) groups is 1. The van der Waals surface area contributed by atoms with Gasteiger partial charge in [0.1, 0.15) is 9.84 Å². The molecule has 0 bridgehead atoms. The van der Waals surface area contributed by atoms with E-state index in [-0.39, 0.29) is 35.3 Å². The van der Waals surface area contributed by atoms with Crippen LogP contribution in [0.3, 0.4) is 0 Å². The summed E-state index contributed by atoms with van der Waals surface area (Å²) in [5, 5.41) is 3.70. The zero-order valence-corrected chi connectivity index (χ0v) is 13.2. The maximum absolute atomic E-state index is 12.2. The Hall–Kier alpha value is -1.07. The third kappa shape index (κ3) is 3.58. The van der Waals surface area contributed by atoms with Crippen LogP contribution in [0.1, 0.15) is 30.7 Å². The first kappa shape index (κ1) is 14.9. The van der Waals surface area contributed by atoms with Crippen LogP contribution in [0.25, 0.3) is 0 Å². The molecule has 1 saturated heterocycles. The van der Waals surface area contributed by atoms with Crippen LogP contribution in [0.4, 0.5) is 0 Å². The van der Waals surface area contributed by atoms with E-state index in [1.165, 1.54) is 0 Å². The van der Waals surface area contributed by atoms with Gasteiger partial charge in [-0.25, -0.2) is 8.42 Å². The maximum atomic E-state index is 12.2. The van der Waals surface area contributed by atoms with Gasteiger partial charge in [0.05, 0.1) is 11.5 Å². The molecule has 3 rings (SSSR count). The fourth-order valence-electron chi connectivity index (χ4n) is 2.91. The molecule has 1 aromatic carbocycles. The molecule has 0 aromatic heterocycles. The fourth-order valence-corrected chi connectivity index (χ4v) is 4.52. The van der Waals surface area contributed by atoms with Gasteiger partial charge in [0.15, 0.2) is 0 Å². The molecule has 6 heteroatoms. The zero-order valence-electron chi connectivity index (χ0n) is 11.6. The Kier molecular flexibility index (Phi) is 3.97. The molecule has 2 aliphatic rings. The van der Waals surface area contributed by atoms with Gasteiger partial charge in [-0.3, -0.25) is 4.79 Å². The van der Waals surface area contributed by atoms with Crippen molar-refractivity contribution >= 4 is 27.3 Å².